The molecule has 0 spiro atoms. The summed E-state index contributed by atoms with van der Waals surface area (Å²) in [6.45, 7) is 4.22. The lowest BCUT2D eigenvalue weighted by Gasteiger charge is -2.48. The van der Waals surface area contributed by atoms with Crippen LogP contribution in [0.25, 0.3) is 0 Å². The fourth-order valence-corrected chi connectivity index (χ4v) is 5.09. The number of thiocarbonyl (C=S) groups is 1. The molecule has 0 radical (unpaired) electrons. The molecule has 0 bridgehead atoms. The van der Waals surface area contributed by atoms with Crippen LogP contribution in [0.15, 0.2) is 78.9 Å². The van der Waals surface area contributed by atoms with Crippen molar-refractivity contribution < 1.29 is 4.79 Å². The van der Waals surface area contributed by atoms with Gasteiger partial charge in [-0.3, -0.25) is 9.69 Å². The zero-order valence-electron chi connectivity index (χ0n) is 17.9. The molecule has 3 aromatic rings. The standard InChI is InChI=1S/C26H24Cl2N2OS/c1-17(20-6-4-3-5-7-20)29-18(2)24(16-19-8-10-21(27)11-9-19)25(31)30(26(29)32)23-14-12-22(28)13-15-23/h3-15,17-18,24H,16H2,1-2H3/t17-,18-,24+/m0/s1. The number of carbonyl (C=O) groups excluding carboxylic acids is 1. The van der Waals surface area contributed by atoms with Gasteiger partial charge in [-0.15, -0.1) is 0 Å². The maximum atomic E-state index is 13.8. The molecular weight excluding hydrogens is 459 g/mol. The SMILES string of the molecule is C[C@@H](c1ccccc1)N1C(=S)N(c2ccc(Cl)cc2)C(=O)[C@H](Cc2ccc(Cl)cc2)[C@@H]1C. The van der Waals surface area contributed by atoms with Gasteiger partial charge in [0.15, 0.2) is 5.11 Å². The van der Waals surface area contributed by atoms with Crippen LogP contribution in [-0.2, 0) is 11.2 Å². The van der Waals surface area contributed by atoms with E-state index in [1.165, 1.54) is 0 Å². The van der Waals surface area contributed by atoms with Gasteiger partial charge in [-0.05, 0) is 80.0 Å². The lowest BCUT2D eigenvalue weighted by Crippen LogP contribution is -2.62. The molecule has 32 heavy (non-hydrogen) atoms. The number of nitrogens with zero attached hydrogens (tertiary/aromatic N) is 2. The summed E-state index contributed by atoms with van der Waals surface area (Å²) >= 11 is 18.1. The fourth-order valence-electron chi connectivity index (χ4n) is 4.32. The Balaban J connectivity index is 1.75. The van der Waals surface area contributed by atoms with Crippen molar-refractivity contribution in [3.63, 3.8) is 0 Å². The number of amides is 1. The molecule has 3 nitrogen and oxygen atoms in total. The van der Waals surface area contributed by atoms with Crippen LogP contribution in [0.3, 0.4) is 0 Å². The van der Waals surface area contributed by atoms with Crippen molar-refractivity contribution in [2.45, 2.75) is 32.4 Å². The maximum Gasteiger partial charge on any atom is 0.238 e. The lowest BCUT2D eigenvalue weighted by molar-refractivity contribution is -0.124. The van der Waals surface area contributed by atoms with Gasteiger partial charge in [0.1, 0.15) is 0 Å². The van der Waals surface area contributed by atoms with Gasteiger partial charge in [0, 0.05) is 16.1 Å². The molecular formula is C26H24Cl2N2OS. The first-order valence-corrected chi connectivity index (χ1v) is 11.7. The highest BCUT2D eigenvalue weighted by atomic mass is 35.5. The van der Waals surface area contributed by atoms with Gasteiger partial charge in [-0.2, -0.15) is 0 Å². The largest absolute Gasteiger partial charge is 0.338 e. The zero-order valence-corrected chi connectivity index (χ0v) is 20.2. The number of halogens is 2. The van der Waals surface area contributed by atoms with Crippen molar-refractivity contribution in [3.05, 3.63) is 100 Å². The highest BCUT2D eigenvalue weighted by Gasteiger charge is 2.44. The van der Waals surface area contributed by atoms with Gasteiger partial charge >= 0.3 is 0 Å². The molecule has 1 amide bonds. The summed E-state index contributed by atoms with van der Waals surface area (Å²) in [7, 11) is 0. The highest BCUT2D eigenvalue weighted by molar-refractivity contribution is 7.80. The van der Waals surface area contributed by atoms with Crippen LogP contribution in [0.2, 0.25) is 10.0 Å². The fraction of sp³-hybridized carbons (Fsp3) is 0.231. The molecule has 0 N–H and O–H groups in total. The maximum absolute atomic E-state index is 13.8. The number of hydrogen-bond acceptors (Lipinski definition) is 2. The number of benzene rings is 3. The topological polar surface area (TPSA) is 23.6 Å². The molecule has 1 saturated heterocycles. The second-order valence-corrected chi connectivity index (χ2v) is 9.34. The van der Waals surface area contributed by atoms with E-state index in [0.29, 0.717) is 21.6 Å². The van der Waals surface area contributed by atoms with Gasteiger partial charge in [-0.25, -0.2) is 0 Å². The predicted molar refractivity (Wildman–Crippen MR) is 136 cm³/mol. The van der Waals surface area contributed by atoms with E-state index in [1.807, 2.05) is 54.6 Å². The second kappa shape index (κ2) is 9.62. The van der Waals surface area contributed by atoms with E-state index < -0.39 is 0 Å². The Morgan fingerprint density at radius 2 is 1.47 bits per heavy atom. The Kier molecular flexibility index (Phi) is 6.85. The Bertz CT molecular complexity index is 1100. The Morgan fingerprint density at radius 1 is 0.906 bits per heavy atom. The van der Waals surface area contributed by atoms with Gasteiger partial charge < -0.3 is 4.90 Å². The summed E-state index contributed by atoms with van der Waals surface area (Å²) in [6, 6.07) is 25.1. The monoisotopic (exact) mass is 482 g/mol. The number of rotatable bonds is 5. The van der Waals surface area contributed by atoms with E-state index in [0.717, 1.165) is 16.8 Å². The Hall–Kier alpha value is -2.40. The molecule has 0 saturated carbocycles. The summed E-state index contributed by atoms with van der Waals surface area (Å²) in [6.07, 6.45) is 0.599. The predicted octanol–water partition coefficient (Wildman–Crippen LogP) is 6.94. The minimum Gasteiger partial charge on any atom is -0.338 e. The van der Waals surface area contributed by atoms with E-state index in [4.69, 9.17) is 35.4 Å². The summed E-state index contributed by atoms with van der Waals surface area (Å²) in [5, 5.41) is 1.80. The minimum absolute atomic E-state index is 0.00344. The van der Waals surface area contributed by atoms with E-state index in [-0.39, 0.29) is 23.9 Å². The van der Waals surface area contributed by atoms with Crippen molar-refractivity contribution in [1.29, 1.82) is 0 Å². The zero-order chi connectivity index (χ0) is 22.8. The number of anilines is 1. The van der Waals surface area contributed by atoms with Crippen molar-refractivity contribution in [2.24, 2.45) is 5.92 Å². The normalized spacial score (nSPS) is 19.9. The first kappa shape index (κ1) is 22.8. The molecule has 0 aliphatic carbocycles. The van der Waals surface area contributed by atoms with Gasteiger partial charge in [-0.1, -0.05) is 65.7 Å². The van der Waals surface area contributed by atoms with Crippen LogP contribution < -0.4 is 4.90 Å². The molecule has 1 fully saturated rings. The van der Waals surface area contributed by atoms with E-state index in [1.54, 1.807) is 17.0 Å². The highest BCUT2D eigenvalue weighted by Crippen LogP contribution is 2.36. The molecule has 1 aliphatic rings. The van der Waals surface area contributed by atoms with Crippen molar-refractivity contribution >= 4 is 52.1 Å². The molecule has 1 aliphatic heterocycles. The second-order valence-electron chi connectivity index (χ2n) is 8.10. The summed E-state index contributed by atoms with van der Waals surface area (Å²) < 4.78 is 0. The van der Waals surface area contributed by atoms with Gasteiger partial charge in [0.25, 0.3) is 0 Å². The smallest absolute Gasteiger partial charge is 0.238 e. The average molecular weight is 483 g/mol. The number of carbonyl (C=O) groups is 1. The first-order valence-electron chi connectivity index (χ1n) is 10.6. The van der Waals surface area contributed by atoms with Gasteiger partial charge in [0.2, 0.25) is 5.91 Å². The van der Waals surface area contributed by atoms with Crippen LogP contribution in [-0.4, -0.2) is 22.0 Å². The summed E-state index contributed by atoms with van der Waals surface area (Å²) in [5.41, 5.74) is 2.94. The van der Waals surface area contributed by atoms with Crippen LogP contribution in [0.4, 0.5) is 5.69 Å². The molecule has 6 heteroatoms. The molecule has 164 valence electrons. The lowest BCUT2D eigenvalue weighted by atomic mass is 9.87. The van der Waals surface area contributed by atoms with Crippen LogP contribution in [0.5, 0.6) is 0 Å². The van der Waals surface area contributed by atoms with Gasteiger partial charge in [0.05, 0.1) is 17.6 Å². The number of hydrogen-bond donors (Lipinski definition) is 0. The molecule has 0 aromatic heterocycles. The quantitative estimate of drug-likeness (QED) is 0.368. The first-order chi connectivity index (χ1) is 15.4. The minimum atomic E-state index is -0.273. The summed E-state index contributed by atoms with van der Waals surface area (Å²) in [4.78, 5) is 17.6. The van der Waals surface area contributed by atoms with Crippen molar-refractivity contribution in [2.75, 3.05) is 4.90 Å². The van der Waals surface area contributed by atoms with Crippen molar-refractivity contribution in [1.82, 2.24) is 4.90 Å². The molecule has 0 unspecified atom stereocenters. The van der Waals surface area contributed by atoms with Crippen LogP contribution in [0, 0.1) is 5.92 Å². The molecule has 1 heterocycles. The van der Waals surface area contributed by atoms with E-state index >= 15 is 0 Å². The van der Waals surface area contributed by atoms with Crippen molar-refractivity contribution in [3.8, 4) is 0 Å². The Morgan fingerprint density at radius 3 is 2.06 bits per heavy atom. The third-order valence-corrected chi connectivity index (χ3v) is 7.02. The summed E-state index contributed by atoms with van der Waals surface area (Å²) in [5.74, 6) is -0.277. The van der Waals surface area contributed by atoms with Crippen LogP contribution in [0.1, 0.15) is 31.0 Å². The third-order valence-electron chi connectivity index (χ3n) is 6.12. The Labute approximate surface area is 204 Å². The third kappa shape index (κ3) is 4.54. The molecule has 3 atom stereocenters. The van der Waals surface area contributed by atoms with E-state index in [9.17, 15) is 4.79 Å². The molecule has 4 rings (SSSR count). The molecule has 3 aromatic carbocycles. The average Bonchev–Trinajstić information content (AvgIpc) is 2.80. The van der Waals surface area contributed by atoms with Crippen LogP contribution >= 0.6 is 35.4 Å². The van der Waals surface area contributed by atoms with E-state index in [2.05, 4.69) is 30.9 Å².